The summed E-state index contributed by atoms with van der Waals surface area (Å²) in [6, 6.07) is 5.54. The summed E-state index contributed by atoms with van der Waals surface area (Å²) in [5.74, 6) is -2.72. The van der Waals surface area contributed by atoms with E-state index in [1.807, 2.05) is 0 Å². The van der Waals surface area contributed by atoms with Crippen LogP contribution in [0.25, 0.3) is 0 Å². The first-order valence-corrected chi connectivity index (χ1v) is 8.00. The minimum absolute atomic E-state index is 0.0829. The molecule has 0 aliphatic heterocycles. The molecule has 0 saturated carbocycles. The lowest BCUT2D eigenvalue weighted by Gasteiger charge is -2.22. The van der Waals surface area contributed by atoms with Gasteiger partial charge in [0.05, 0.1) is 12.6 Å². The summed E-state index contributed by atoms with van der Waals surface area (Å²) in [7, 11) is 0. The quantitative estimate of drug-likeness (QED) is 0.397. The number of nitrogens with one attached hydrogen (secondary N) is 2. The number of aliphatic hydroxyl groups excluding tert-OH is 1. The number of aliphatic hydroxyl groups is 1. The fourth-order valence-electron chi connectivity index (χ4n) is 2.09. The van der Waals surface area contributed by atoms with E-state index >= 15 is 0 Å². The third kappa shape index (κ3) is 6.52. The monoisotopic (exact) mass is 351 g/mol. The number of nitrogens with two attached hydrogens (primary N) is 1. The Balaban J connectivity index is 2.73. The van der Waals surface area contributed by atoms with Gasteiger partial charge in [-0.05, 0) is 11.5 Å². The van der Waals surface area contributed by atoms with E-state index in [4.69, 9.17) is 5.73 Å². The van der Waals surface area contributed by atoms with Crippen LogP contribution >= 0.6 is 0 Å². The number of carbonyl (C=O) groups excluding carboxylic acids is 2. The van der Waals surface area contributed by atoms with E-state index in [1.165, 1.54) is 0 Å². The number of hydrogen-bond donors (Lipinski definition) is 5. The first-order valence-electron chi connectivity index (χ1n) is 8.00. The number of carboxylic acid groups (broad SMARTS) is 1. The van der Waals surface area contributed by atoms with Crippen molar-refractivity contribution in [2.75, 3.05) is 6.61 Å². The Morgan fingerprint density at radius 1 is 1.04 bits per heavy atom. The molecule has 3 atom stereocenters. The summed E-state index contributed by atoms with van der Waals surface area (Å²) in [4.78, 5) is 35.5. The van der Waals surface area contributed by atoms with Crippen molar-refractivity contribution in [3.63, 3.8) is 0 Å². The van der Waals surface area contributed by atoms with Gasteiger partial charge in [0.25, 0.3) is 0 Å². The van der Waals surface area contributed by atoms with Gasteiger partial charge in [0.1, 0.15) is 12.1 Å². The van der Waals surface area contributed by atoms with Crippen LogP contribution < -0.4 is 16.4 Å². The molecule has 6 N–H and O–H groups in total. The van der Waals surface area contributed by atoms with Crippen LogP contribution in [0, 0.1) is 5.92 Å². The fraction of sp³-hybridized carbons (Fsp3) is 0.471. The molecule has 8 nitrogen and oxygen atoms in total. The Hall–Kier alpha value is -2.45. The van der Waals surface area contributed by atoms with E-state index < -0.39 is 42.5 Å². The maximum absolute atomic E-state index is 12.2. The predicted octanol–water partition coefficient (Wildman–Crippen LogP) is -0.741. The van der Waals surface area contributed by atoms with E-state index in [9.17, 15) is 24.6 Å². The number of carboxylic acids is 1. The Labute approximate surface area is 146 Å². The molecule has 138 valence electrons. The number of amides is 2. The molecule has 0 heterocycles. The highest BCUT2D eigenvalue weighted by atomic mass is 16.4. The van der Waals surface area contributed by atoms with Crippen molar-refractivity contribution < 1.29 is 24.6 Å². The predicted molar refractivity (Wildman–Crippen MR) is 91.5 cm³/mol. The number of rotatable bonds is 9. The number of aliphatic carboxylic acids is 1. The molecule has 0 bridgehead atoms. The molecule has 0 aliphatic rings. The van der Waals surface area contributed by atoms with E-state index in [2.05, 4.69) is 10.6 Å². The first kappa shape index (κ1) is 20.6. The van der Waals surface area contributed by atoms with E-state index in [0.717, 1.165) is 5.56 Å². The smallest absolute Gasteiger partial charge is 0.326 e. The van der Waals surface area contributed by atoms with E-state index in [1.54, 1.807) is 44.2 Å². The molecular formula is C17H25N3O5. The molecule has 2 amide bonds. The van der Waals surface area contributed by atoms with Crippen LogP contribution in [0.4, 0.5) is 0 Å². The summed E-state index contributed by atoms with van der Waals surface area (Å²) >= 11 is 0. The van der Waals surface area contributed by atoms with Gasteiger partial charge >= 0.3 is 5.97 Å². The molecule has 3 unspecified atom stereocenters. The second-order valence-electron chi connectivity index (χ2n) is 6.10. The molecule has 1 aromatic rings. The van der Waals surface area contributed by atoms with Gasteiger partial charge < -0.3 is 26.6 Å². The van der Waals surface area contributed by atoms with E-state index in [0.29, 0.717) is 0 Å². The highest BCUT2D eigenvalue weighted by Crippen LogP contribution is 2.04. The average molecular weight is 351 g/mol. The third-order valence-corrected chi connectivity index (χ3v) is 3.73. The molecule has 1 rings (SSSR count). The first-order chi connectivity index (χ1) is 11.8. The molecule has 0 spiro atoms. The van der Waals surface area contributed by atoms with Crippen molar-refractivity contribution >= 4 is 17.8 Å². The van der Waals surface area contributed by atoms with Gasteiger partial charge in [-0.15, -0.1) is 0 Å². The van der Waals surface area contributed by atoms with Crippen molar-refractivity contribution in [2.45, 2.75) is 38.4 Å². The van der Waals surface area contributed by atoms with Gasteiger partial charge in [0, 0.05) is 6.42 Å². The van der Waals surface area contributed by atoms with Crippen LogP contribution in [0.5, 0.6) is 0 Å². The largest absolute Gasteiger partial charge is 0.480 e. The Morgan fingerprint density at radius 2 is 1.60 bits per heavy atom. The topological polar surface area (TPSA) is 142 Å². The highest BCUT2D eigenvalue weighted by molar-refractivity contribution is 5.92. The van der Waals surface area contributed by atoms with Crippen LogP contribution in [0.1, 0.15) is 19.4 Å². The van der Waals surface area contributed by atoms with Crippen molar-refractivity contribution in [2.24, 2.45) is 11.7 Å². The zero-order valence-corrected chi connectivity index (χ0v) is 14.3. The van der Waals surface area contributed by atoms with Crippen molar-refractivity contribution in [1.82, 2.24) is 10.6 Å². The minimum atomic E-state index is -1.27. The molecule has 8 heteroatoms. The van der Waals surface area contributed by atoms with Crippen LogP contribution in [-0.2, 0) is 20.8 Å². The molecule has 25 heavy (non-hydrogen) atoms. The Kier molecular flexibility index (Phi) is 8.03. The van der Waals surface area contributed by atoms with E-state index in [-0.39, 0.29) is 12.3 Å². The maximum Gasteiger partial charge on any atom is 0.326 e. The highest BCUT2D eigenvalue weighted by Gasteiger charge is 2.28. The SMILES string of the molecule is CC(C)C(N)C(=O)NC(CO)C(=O)NC(Cc1ccccc1)C(=O)O. The molecule has 1 aromatic carbocycles. The zero-order valence-electron chi connectivity index (χ0n) is 14.3. The molecule has 0 fully saturated rings. The van der Waals surface area contributed by atoms with Gasteiger partial charge in [-0.1, -0.05) is 44.2 Å². The molecule has 0 saturated heterocycles. The standard InChI is InChI=1S/C17H25N3O5/c1-10(2)14(18)16(23)20-13(9-21)15(22)19-12(17(24)25)8-11-6-4-3-5-7-11/h3-7,10,12-14,21H,8-9,18H2,1-2H3,(H,19,22)(H,20,23)(H,24,25). The molecule has 0 aromatic heterocycles. The maximum atomic E-state index is 12.2. The number of carbonyl (C=O) groups is 3. The van der Waals surface area contributed by atoms with Crippen LogP contribution in [-0.4, -0.2) is 52.7 Å². The second-order valence-corrected chi connectivity index (χ2v) is 6.10. The lowest BCUT2D eigenvalue weighted by molar-refractivity contribution is -0.142. The van der Waals surface area contributed by atoms with Gasteiger partial charge in [0.15, 0.2) is 0 Å². The zero-order chi connectivity index (χ0) is 19.0. The van der Waals surface area contributed by atoms with Crippen LogP contribution in [0.15, 0.2) is 30.3 Å². The third-order valence-electron chi connectivity index (χ3n) is 3.73. The normalized spacial score (nSPS) is 14.4. The van der Waals surface area contributed by atoms with Crippen molar-refractivity contribution in [3.05, 3.63) is 35.9 Å². The Morgan fingerprint density at radius 3 is 2.08 bits per heavy atom. The van der Waals surface area contributed by atoms with Crippen molar-refractivity contribution in [3.8, 4) is 0 Å². The van der Waals surface area contributed by atoms with Crippen molar-refractivity contribution in [1.29, 1.82) is 0 Å². The number of benzene rings is 1. The molecule has 0 radical (unpaired) electrons. The average Bonchev–Trinajstić information content (AvgIpc) is 2.58. The van der Waals surface area contributed by atoms with Gasteiger partial charge in [-0.3, -0.25) is 9.59 Å². The number of hydrogen-bond acceptors (Lipinski definition) is 5. The molecular weight excluding hydrogens is 326 g/mol. The lowest BCUT2D eigenvalue weighted by atomic mass is 10.0. The summed E-state index contributed by atoms with van der Waals surface area (Å²) < 4.78 is 0. The summed E-state index contributed by atoms with van der Waals surface area (Å²) in [5.41, 5.74) is 6.43. The lowest BCUT2D eigenvalue weighted by Crippen LogP contribution is -2.56. The summed E-state index contributed by atoms with van der Waals surface area (Å²) in [6.45, 7) is 2.83. The fourth-order valence-corrected chi connectivity index (χ4v) is 2.09. The molecule has 0 aliphatic carbocycles. The van der Waals surface area contributed by atoms with Crippen LogP contribution in [0.3, 0.4) is 0 Å². The summed E-state index contributed by atoms with van der Waals surface area (Å²) in [6.07, 6.45) is 0.0829. The van der Waals surface area contributed by atoms with Gasteiger partial charge in [0.2, 0.25) is 11.8 Å². The Bertz CT molecular complexity index is 591. The summed E-state index contributed by atoms with van der Waals surface area (Å²) in [5, 5.41) is 23.3. The van der Waals surface area contributed by atoms with Gasteiger partial charge in [-0.25, -0.2) is 4.79 Å². The van der Waals surface area contributed by atoms with Crippen LogP contribution in [0.2, 0.25) is 0 Å². The second kappa shape index (κ2) is 9.75. The van der Waals surface area contributed by atoms with Gasteiger partial charge in [-0.2, -0.15) is 0 Å². The minimum Gasteiger partial charge on any atom is -0.480 e.